The third-order valence-electron chi connectivity index (χ3n) is 7.14. The van der Waals surface area contributed by atoms with Crippen LogP contribution >= 0.6 is 0 Å². The van der Waals surface area contributed by atoms with Crippen LogP contribution in [0.15, 0.2) is 51.6 Å². The molecule has 0 unspecified atom stereocenters. The van der Waals surface area contributed by atoms with Gasteiger partial charge in [-0.2, -0.15) is 4.98 Å². The minimum atomic E-state index is -0.971. The normalized spacial score (nSPS) is 20.6. The third kappa shape index (κ3) is 3.78. The first kappa shape index (κ1) is 22.6. The van der Waals surface area contributed by atoms with Crippen molar-refractivity contribution in [3.05, 3.63) is 68.4 Å². The molecule has 2 aromatic heterocycles. The Morgan fingerprint density at radius 3 is 2.71 bits per heavy atom. The summed E-state index contributed by atoms with van der Waals surface area (Å²) in [4.78, 5) is 34.0. The van der Waals surface area contributed by atoms with Gasteiger partial charge in [0, 0.05) is 39.3 Å². The summed E-state index contributed by atoms with van der Waals surface area (Å²) in [6.07, 6.45) is 2.18. The van der Waals surface area contributed by atoms with Crippen LogP contribution in [-0.4, -0.2) is 49.5 Å². The van der Waals surface area contributed by atoms with E-state index in [1.54, 1.807) is 19.2 Å². The van der Waals surface area contributed by atoms with E-state index < -0.39 is 17.4 Å². The molecule has 3 aromatic rings. The number of aryl methyl sites for hydroxylation is 1. The Morgan fingerprint density at radius 1 is 1.21 bits per heavy atom. The topological polar surface area (TPSA) is 97.3 Å². The fourth-order valence-corrected chi connectivity index (χ4v) is 5.24. The zero-order chi connectivity index (χ0) is 24.0. The number of hydrogen-bond acceptors (Lipinski definition) is 6. The summed E-state index contributed by atoms with van der Waals surface area (Å²) >= 11 is 0. The number of nitrogens with one attached hydrogen (secondary N) is 1. The molecule has 34 heavy (non-hydrogen) atoms. The quantitative estimate of drug-likeness (QED) is 0.535. The van der Waals surface area contributed by atoms with E-state index in [4.69, 9.17) is 4.98 Å². The summed E-state index contributed by atoms with van der Waals surface area (Å²) < 4.78 is 4.50. The molecule has 9 nitrogen and oxygen atoms in total. The summed E-state index contributed by atoms with van der Waals surface area (Å²) in [5.74, 6) is 1.30. The van der Waals surface area contributed by atoms with Crippen molar-refractivity contribution in [3.63, 3.8) is 0 Å². The zero-order valence-electron chi connectivity index (χ0n) is 19.9. The molecule has 4 heterocycles. The van der Waals surface area contributed by atoms with Crippen LogP contribution in [0.25, 0.3) is 11.2 Å². The van der Waals surface area contributed by atoms with Crippen molar-refractivity contribution in [2.75, 3.05) is 24.5 Å². The molecule has 0 spiro atoms. The number of anilines is 1. The van der Waals surface area contributed by atoms with Crippen LogP contribution in [-0.2, 0) is 20.1 Å². The summed E-state index contributed by atoms with van der Waals surface area (Å²) in [6.45, 7) is 7.19. The van der Waals surface area contributed by atoms with Gasteiger partial charge in [-0.05, 0) is 31.7 Å². The van der Waals surface area contributed by atoms with Gasteiger partial charge in [0.05, 0.1) is 12.6 Å². The molecule has 0 radical (unpaired) electrons. The molecule has 0 bridgehead atoms. The second-order valence-corrected chi connectivity index (χ2v) is 9.63. The van der Waals surface area contributed by atoms with E-state index in [9.17, 15) is 14.7 Å². The average Bonchev–Trinajstić information content (AvgIpc) is 3.54. The van der Waals surface area contributed by atoms with Crippen molar-refractivity contribution in [2.45, 2.75) is 45.5 Å². The lowest BCUT2D eigenvalue weighted by molar-refractivity contribution is 0.153. The van der Waals surface area contributed by atoms with Crippen LogP contribution in [0.2, 0.25) is 0 Å². The third-order valence-corrected chi connectivity index (χ3v) is 7.14. The van der Waals surface area contributed by atoms with Crippen molar-refractivity contribution in [1.29, 1.82) is 0 Å². The van der Waals surface area contributed by atoms with Crippen LogP contribution in [0.3, 0.4) is 0 Å². The molecule has 2 aliphatic rings. The van der Waals surface area contributed by atoms with E-state index in [2.05, 4.69) is 16.3 Å². The Hall–Kier alpha value is -3.17. The van der Waals surface area contributed by atoms with Gasteiger partial charge in [-0.25, -0.2) is 4.79 Å². The number of fused-ring (bicyclic) bond motifs is 2. The van der Waals surface area contributed by atoms with E-state index in [0.717, 1.165) is 42.1 Å². The van der Waals surface area contributed by atoms with E-state index in [-0.39, 0.29) is 6.54 Å². The molecule has 5 rings (SSSR count). The smallest absolute Gasteiger partial charge is 0.332 e. The Balaban J connectivity index is 1.66. The van der Waals surface area contributed by atoms with Gasteiger partial charge in [-0.3, -0.25) is 13.9 Å². The van der Waals surface area contributed by atoms with E-state index >= 15 is 0 Å². The largest absolute Gasteiger partial charge is 0.387 e. The molecule has 2 aliphatic heterocycles. The van der Waals surface area contributed by atoms with Crippen LogP contribution in [0, 0.1) is 5.92 Å². The number of aromatic nitrogens is 4. The molecule has 180 valence electrons. The molecule has 2 saturated heterocycles. The van der Waals surface area contributed by atoms with Crippen molar-refractivity contribution >= 4 is 17.1 Å². The number of imidazole rings is 1. The molecule has 0 aliphatic carbocycles. The predicted molar refractivity (Wildman–Crippen MR) is 132 cm³/mol. The second-order valence-electron chi connectivity index (χ2n) is 9.63. The monoisotopic (exact) mass is 464 g/mol. The lowest BCUT2D eigenvalue weighted by atomic mass is 10.1. The molecule has 0 amide bonds. The number of nitrogens with zero attached hydrogens (tertiary/aromatic N) is 5. The maximum atomic E-state index is 13.7. The highest BCUT2D eigenvalue weighted by molar-refractivity contribution is 5.75. The fraction of sp³-hybridized carbons (Fsp3) is 0.480. The van der Waals surface area contributed by atoms with Gasteiger partial charge in [0.2, 0.25) is 5.95 Å². The molecular formula is C25H32N6O3. The summed E-state index contributed by atoms with van der Waals surface area (Å²) in [6, 6.07) is 9.42. The Bertz CT molecular complexity index is 1350. The number of aliphatic hydroxyl groups excluding tert-OH is 1. The molecule has 3 atom stereocenters. The van der Waals surface area contributed by atoms with E-state index in [0.29, 0.717) is 35.2 Å². The number of hydrogen-bond donors (Lipinski definition) is 2. The number of benzene rings is 1. The minimum absolute atomic E-state index is 0.118. The van der Waals surface area contributed by atoms with Gasteiger partial charge < -0.3 is 19.9 Å². The maximum Gasteiger partial charge on any atom is 0.332 e. The van der Waals surface area contributed by atoms with Crippen molar-refractivity contribution in [2.24, 2.45) is 13.0 Å². The standard InChI is InChI=1S/C25H32N6O3/c1-16(2)9-11-30-21-22(27-24(30)29-12-10-18-13-26-14-19(18)29)28(3)25(34)31(23(21)33)15-20(32)17-7-5-4-6-8-17/h4-9,18-20,26,32H,10-15H2,1-3H3/t18-,19+,20+/m1/s1. The molecule has 2 fully saturated rings. The van der Waals surface area contributed by atoms with Gasteiger partial charge in [0.15, 0.2) is 11.2 Å². The van der Waals surface area contributed by atoms with Crippen LogP contribution in [0.1, 0.15) is 31.9 Å². The second kappa shape index (κ2) is 8.88. The van der Waals surface area contributed by atoms with Crippen LogP contribution < -0.4 is 21.5 Å². The highest BCUT2D eigenvalue weighted by atomic mass is 16.3. The van der Waals surface area contributed by atoms with Gasteiger partial charge in [-0.1, -0.05) is 42.0 Å². The fourth-order valence-electron chi connectivity index (χ4n) is 5.24. The van der Waals surface area contributed by atoms with Gasteiger partial charge >= 0.3 is 5.69 Å². The molecular weight excluding hydrogens is 432 g/mol. The lowest BCUT2D eigenvalue weighted by Gasteiger charge is -2.25. The number of rotatable bonds is 6. The minimum Gasteiger partial charge on any atom is -0.387 e. The van der Waals surface area contributed by atoms with Crippen molar-refractivity contribution in [3.8, 4) is 0 Å². The highest BCUT2D eigenvalue weighted by Gasteiger charge is 2.40. The van der Waals surface area contributed by atoms with Crippen LogP contribution in [0.4, 0.5) is 5.95 Å². The highest BCUT2D eigenvalue weighted by Crippen LogP contribution is 2.32. The van der Waals surface area contributed by atoms with E-state index in [1.807, 2.05) is 36.6 Å². The molecule has 1 aromatic carbocycles. The van der Waals surface area contributed by atoms with Crippen molar-refractivity contribution < 1.29 is 5.11 Å². The Kier molecular flexibility index (Phi) is 5.91. The van der Waals surface area contributed by atoms with Gasteiger partial charge in [0.1, 0.15) is 0 Å². The molecule has 0 saturated carbocycles. The zero-order valence-corrected chi connectivity index (χ0v) is 19.9. The first-order chi connectivity index (χ1) is 16.4. The number of aliphatic hydroxyl groups is 1. The van der Waals surface area contributed by atoms with Crippen molar-refractivity contribution in [1.82, 2.24) is 24.0 Å². The Morgan fingerprint density at radius 2 is 1.97 bits per heavy atom. The van der Waals surface area contributed by atoms with E-state index in [1.165, 1.54) is 4.57 Å². The van der Waals surface area contributed by atoms with Gasteiger partial charge in [0.25, 0.3) is 5.56 Å². The predicted octanol–water partition coefficient (Wildman–Crippen LogP) is 1.39. The average molecular weight is 465 g/mol. The molecule has 2 N–H and O–H groups in total. The SMILES string of the molecule is CC(C)=CCn1c(N2CC[C@@H]3CNC[C@@H]32)nc2c1c(=O)n(C[C@H](O)c1ccccc1)c(=O)n2C. The van der Waals surface area contributed by atoms with Gasteiger partial charge in [-0.15, -0.1) is 0 Å². The lowest BCUT2D eigenvalue weighted by Crippen LogP contribution is -2.41. The first-order valence-corrected chi connectivity index (χ1v) is 11.9. The summed E-state index contributed by atoms with van der Waals surface area (Å²) in [5.41, 5.74) is 1.67. The number of allylic oxidation sites excluding steroid dienone is 2. The van der Waals surface area contributed by atoms with Crippen LogP contribution in [0.5, 0.6) is 0 Å². The molecule has 9 heteroatoms. The summed E-state index contributed by atoms with van der Waals surface area (Å²) in [7, 11) is 1.64. The Labute approximate surface area is 198 Å². The first-order valence-electron chi connectivity index (χ1n) is 11.9. The maximum absolute atomic E-state index is 13.7. The summed E-state index contributed by atoms with van der Waals surface area (Å²) in [5, 5.41) is 14.2.